The minimum absolute atomic E-state index is 0.173. The molecule has 0 spiro atoms. The van der Waals surface area contributed by atoms with Crippen LogP contribution >= 0.6 is 0 Å². The lowest BCUT2D eigenvalue weighted by atomic mass is 10.1. The van der Waals surface area contributed by atoms with Crippen molar-refractivity contribution in [3.8, 4) is 0 Å². The molecule has 1 aliphatic rings. The normalized spacial score (nSPS) is 15.8. The first kappa shape index (κ1) is 15.3. The Hall–Kier alpha value is -2.10. The SMILES string of the molecule is CC(C)(C)OC(=O)/C=C/c1ccc(N2CCCC2=O)cc1. The molecule has 1 heterocycles. The zero-order chi connectivity index (χ0) is 15.5. The van der Waals surface area contributed by atoms with Crippen LogP contribution in [0.1, 0.15) is 39.2 Å². The number of esters is 1. The highest BCUT2D eigenvalue weighted by atomic mass is 16.6. The Morgan fingerprint density at radius 2 is 1.90 bits per heavy atom. The van der Waals surface area contributed by atoms with Crippen LogP contribution in [0.2, 0.25) is 0 Å². The number of rotatable bonds is 3. The molecule has 1 amide bonds. The van der Waals surface area contributed by atoms with Gasteiger partial charge in [-0.1, -0.05) is 12.1 Å². The summed E-state index contributed by atoms with van der Waals surface area (Å²) in [7, 11) is 0. The van der Waals surface area contributed by atoms with Crippen molar-refractivity contribution in [3.63, 3.8) is 0 Å². The van der Waals surface area contributed by atoms with Crippen LogP contribution in [0.5, 0.6) is 0 Å². The summed E-state index contributed by atoms with van der Waals surface area (Å²) in [5.41, 5.74) is 1.32. The average Bonchev–Trinajstić information content (AvgIpc) is 2.81. The number of nitrogens with zero attached hydrogens (tertiary/aromatic N) is 1. The second kappa shape index (κ2) is 6.12. The number of amides is 1. The Morgan fingerprint density at radius 1 is 1.24 bits per heavy atom. The zero-order valence-electron chi connectivity index (χ0n) is 12.8. The maximum atomic E-state index is 11.7. The van der Waals surface area contributed by atoms with Crippen molar-refractivity contribution in [3.05, 3.63) is 35.9 Å². The quantitative estimate of drug-likeness (QED) is 0.633. The largest absolute Gasteiger partial charge is 0.457 e. The van der Waals surface area contributed by atoms with Crippen molar-refractivity contribution in [1.29, 1.82) is 0 Å². The van der Waals surface area contributed by atoms with E-state index in [1.165, 1.54) is 6.08 Å². The highest BCUT2D eigenvalue weighted by Crippen LogP contribution is 2.22. The van der Waals surface area contributed by atoms with Gasteiger partial charge in [-0.25, -0.2) is 4.79 Å². The minimum atomic E-state index is -0.485. The van der Waals surface area contributed by atoms with E-state index in [0.29, 0.717) is 6.42 Å². The zero-order valence-corrected chi connectivity index (χ0v) is 12.8. The molecule has 2 rings (SSSR count). The maximum Gasteiger partial charge on any atom is 0.331 e. The van der Waals surface area contributed by atoms with Gasteiger partial charge in [-0.2, -0.15) is 0 Å². The Labute approximate surface area is 125 Å². The van der Waals surface area contributed by atoms with E-state index in [-0.39, 0.29) is 11.9 Å². The monoisotopic (exact) mass is 287 g/mol. The number of carbonyl (C=O) groups is 2. The fourth-order valence-corrected chi connectivity index (χ4v) is 2.19. The molecule has 0 saturated carbocycles. The first-order valence-corrected chi connectivity index (χ1v) is 7.17. The first-order chi connectivity index (χ1) is 9.85. The predicted molar refractivity (Wildman–Crippen MR) is 82.9 cm³/mol. The summed E-state index contributed by atoms with van der Waals surface area (Å²) in [5.74, 6) is -0.187. The molecule has 1 aliphatic heterocycles. The number of anilines is 1. The third kappa shape index (κ3) is 4.45. The Morgan fingerprint density at radius 3 is 2.43 bits per heavy atom. The smallest absolute Gasteiger partial charge is 0.331 e. The van der Waals surface area contributed by atoms with Crippen molar-refractivity contribution in [1.82, 2.24) is 0 Å². The van der Waals surface area contributed by atoms with Crippen LogP contribution in [0.3, 0.4) is 0 Å². The molecule has 0 bridgehead atoms. The molecule has 1 aromatic rings. The molecule has 4 nitrogen and oxygen atoms in total. The average molecular weight is 287 g/mol. The summed E-state index contributed by atoms with van der Waals surface area (Å²) in [6.07, 6.45) is 4.67. The van der Waals surface area contributed by atoms with Crippen LogP contribution in [0.15, 0.2) is 30.3 Å². The lowest BCUT2D eigenvalue weighted by Crippen LogP contribution is -2.23. The summed E-state index contributed by atoms with van der Waals surface area (Å²) < 4.78 is 5.20. The van der Waals surface area contributed by atoms with E-state index in [4.69, 9.17) is 4.74 Å². The van der Waals surface area contributed by atoms with Gasteiger partial charge in [-0.05, 0) is 51.0 Å². The fourth-order valence-electron chi connectivity index (χ4n) is 2.19. The minimum Gasteiger partial charge on any atom is -0.457 e. The van der Waals surface area contributed by atoms with Crippen LogP contribution in [-0.2, 0) is 14.3 Å². The summed E-state index contributed by atoms with van der Waals surface area (Å²) >= 11 is 0. The van der Waals surface area contributed by atoms with Crippen LogP contribution in [-0.4, -0.2) is 24.0 Å². The maximum absolute atomic E-state index is 11.7. The molecule has 1 aromatic carbocycles. The number of hydrogen-bond acceptors (Lipinski definition) is 3. The molecule has 4 heteroatoms. The fraction of sp³-hybridized carbons (Fsp3) is 0.412. The highest BCUT2D eigenvalue weighted by molar-refractivity contribution is 5.95. The molecule has 1 fully saturated rings. The van der Waals surface area contributed by atoms with E-state index >= 15 is 0 Å². The number of carbonyl (C=O) groups excluding carboxylic acids is 2. The Balaban J connectivity index is 1.99. The third-order valence-corrected chi connectivity index (χ3v) is 3.10. The van der Waals surface area contributed by atoms with Gasteiger partial charge in [0.15, 0.2) is 0 Å². The predicted octanol–water partition coefficient (Wildman–Crippen LogP) is 3.17. The molecule has 0 N–H and O–H groups in total. The number of hydrogen-bond donors (Lipinski definition) is 0. The van der Waals surface area contributed by atoms with Crippen LogP contribution < -0.4 is 4.90 Å². The number of benzene rings is 1. The Bertz CT molecular complexity index is 552. The summed E-state index contributed by atoms with van der Waals surface area (Å²) in [6.45, 7) is 6.29. The van der Waals surface area contributed by atoms with E-state index < -0.39 is 5.60 Å². The lowest BCUT2D eigenvalue weighted by molar-refractivity contribution is -0.148. The van der Waals surface area contributed by atoms with Gasteiger partial charge < -0.3 is 9.64 Å². The van der Waals surface area contributed by atoms with E-state index in [1.807, 2.05) is 45.0 Å². The molecule has 0 unspecified atom stereocenters. The standard InChI is InChI=1S/C17H21NO3/c1-17(2,3)21-16(20)11-8-13-6-9-14(10-7-13)18-12-4-5-15(18)19/h6-11H,4-5,12H2,1-3H3/b11-8+. The summed E-state index contributed by atoms with van der Waals surface area (Å²) in [4.78, 5) is 25.0. The van der Waals surface area contributed by atoms with Gasteiger partial charge in [0.2, 0.25) is 5.91 Å². The second-order valence-corrected chi connectivity index (χ2v) is 6.11. The molecule has 0 aliphatic carbocycles. The van der Waals surface area contributed by atoms with Gasteiger partial charge in [0.25, 0.3) is 0 Å². The molecular formula is C17H21NO3. The van der Waals surface area contributed by atoms with Gasteiger partial charge in [0.05, 0.1) is 0 Å². The van der Waals surface area contributed by atoms with Gasteiger partial charge in [-0.3, -0.25) is 4.79 Å². The lowest BCUT2D eigenvalue weighted by Gasteiger charge is -2.18. The molecule has 112 valence electrons. The molecule has 0 radical (unpaired) electrons. The molecule has 21 heavy (non-hydrogen) atoms. The van der Waals surface area contributed by atoms with Crippen molar-refractivity contribution < 1.29 is 14.3 Å². The summed E-state index contributed by atoms with van der Waals surface area (Å²) in [6, 6.07) is 7.58. The Kier molecular flexibility index (Phi) is 4.46. The van der Waals surface area contributed by atoms with Crippen molar-refractivity contribution in [2.24, 2.45) is 0 Å². The van der Waals surface area contributed by atoms with E-state index in [0.717, 1.165) is 24.2 Å². The van der Waals surface area contributed by atoms with E-state index in [1.54, 1.807) is 11.0 Å². The summed E-state index contributed by atoms with van der Waals surface area (Å²) in [5, 5.41) is 0. The van der Waals surface area contributed by atoms with Crippen LogP contribution in [0.25, 0.3) is 6.08 Å². The molecule has 0 aromatic heterocycles. The topological polar surface area (TPSA) is 46.6 Å². The van der Waals surface area contributed by atoms with Gasteiger partial charge in [0, 0.05) is 24.7 Å². The molecular weight excluding hydrogens is 266 g/mol. The van der Waals surface area contributed by atoms with E-state index in [2.05, 4.69) is 0 Å². The van der Waals surface area contributed by atoms with Crippen molar-refractivity contribution in [2.45, 2.75) is 39.2 Å². The number of ether oxygens (including phenoxy) is 1. The van der Waals surface area contributed by atoms with Gasteiger partial charge in [0.1, 0.15) is 5.60 Å². The van der Waals surface area contributed by atoms with E-state index in [9.17, 15) is 9.59 Å². The molecule has 0 atom stereocenters. The van der Waals surface area contributed by atoms with Crippen molar-refractivity contribution in [2.75, 3.05) is 11.4 Å². The molecule has 1 saturated heterocycles. The third-order valence-electron chi connectivity index (χ3n) is 3.10. The van der Waals surface area contributed by atoms with Crippen LogP contribution in [0, 0.1) is 0 Å². The van der Waals surface area contributed by atoms with Crippen molar-refractivity contribution >= 4 is 23.6 Å². The first-order valence-electron chi connectivity index (χ1n) is 7.17. The van der Waals surface area contributed by atoms with Gasteiger partial charge in [-0.15, -0.1) is 0 Å². The van der Waals surface area contributed by atoms with Crippen LogP contribution in [0.4, 0.5) is 5.69 Å². The highest BCUT2D eigenvalue weighted by Gasteiger charge is 2.21. The van der Waals surface area contributed by atoms with Gasteiger partial charge >= 0.3 is 5.97 Å². The second-order valence-electron chi connectivity index (χ2n) is 6.11.